The van der Waals surface area contributed by atoms with Crippen molar-refractivity contribution in [3.63, 3.8) is 0 Å². The fourth-order valence-corrected chi connectivity index (χ4v) is 5.01. The van der Waals surface area contributed by atoms with Gasteiger partial charge in [0.15, 0.2) is 0 Å². The van der Waals surface area contributed by atoms with E-state index < -0.39 is 20.9 Å². The molecule has 0 unspecified atom stereocenters. The van der Waals surface area contributed by atoms with Crippen LogP contribution >= 0.6 is 0 Å². The number of nitrogens with one attached hydrogen (secondary N) is 1. The van der Waals surface area contributed by atoms with Gasteiger partial charge in [0, 0.05) is 12.1 Å². The monoisotopic (exact) mass is 454 g/mol. The van der Waals surface area contributed by atoms with Crippen molar-refractivity contribution in [1.82, 2.24) is 0 Å². The Bertz CT molecular complexity index is 1260. The second-order valence-corrected chi connectivity index (χ2v) is 9.00. The molecular formula is C23H22N2O6S. The first-order chi connectivity index (χ1) is 15.1. The standard InChI is InChI=1S/C23H22N2O6S/c1-15-12-16(2)22(17(3)13-15)32(29,30)24-21-7-5-4-6-20(21)23(26)31-14-18-8-10-19(11-9-18)25(27)28/h4-13,24H,14H2,1-3H3. The Morgan fingerprint density at radius 1 is 1.00 bits per heavy atom. The van der Waals surface area contributed by atoms with Crippen LogP contribution in [0.2, 0.25) is 0 Å². The molecule has 32 heavy (non-hydrogen) atoms. The van der Waals surface area contributed by atoms with Crippen LogP contribution in [0.3, 0.4) is 0 Å². The van der Waals surface area contributed by atoms with Crippen molar-refractivity contribution >= 4 is 27.4 Å². The quantitative estimate of drug-likeness (QED) is 0.315. The molecule has 0 aliphatic carbocycles. The van der Waals surface area contributed by atoms with Crippen LogP contribution in [0.15, 0.2) is 65.6 Å². The van der Waals surface area contributed by atoms with E-state index in [4.69, 9.17) is 4.74 Å². The first kappa shape index (κ1) is 23.0. The lowest BCUT2D eigenvalue weighted by molar-refractivity contribution is -0.384. The van der Waals surface area contributed by atoms with E-state index in [9.17, 15) is 23.3 Å². The fourth-order valence-electron chi connectivity index (χ4n) is 3.48. The van der Waals surface area contributed by atoms with Gasteiger partial charge in [-0.1, -0.05) is 29.8 Å². The van der Waals surface area contributed by atoms with E-state index >= 15 is 0 Å². The summed E-state index contributed by atoms with van der Waals surface area (Å²) in [6, 6.07) is 15.3. The Labute approximate surface area is 186 Å². The van der Waals surface area contributed by atoms with E-state index in [1.54, 1.807) is 38.1 Å². The van der Waals surface area contributed by atoms with Gasteiger partial charge in [-0.3, -0.25) is 14.8 Å². The number of aryl methyl sites for hydroxylation is 3. The number of nitrogens with zero attached hydrogens (tertiary/aromatic N) is 1. The Balaban J connectivity index is 1.81. The summed E-state index contributed by atoms with van der Waals surface area (Å²) >= 11 is 0. The zero-order valence-electron chi connectivity index (χ0n) is 17.8. The Hall–Kier alpha value is -3.72. The highest BCUT2D eigenvalue weighted by molar-refractivity contribution is 7.92. The van der Waals surface area contributed by atoms with Crippen molar-refractivity contribution in [2.24, 2.45) is 0 Å². The van der Waals surface area contributed by atoms with Crippen molar-refractivity contribution in [3.8, 4) is 0 Å². The minimum atomic E-state index is -3.95. The van der Waals surface area contributed by atoms with Crippen molar-refractivity contribution in [3.05, 3.63) is 98.6 Å². The highest BCUT2D eigenvalue weighted by atomic mass is 32.2. The number of anilines is 1. The summed E-state index contributed by atoms with van der Waals surface area (Å²) in [5.74, 6) is -0.723. The molecule has 0 fully saturated rings. The second kappa shape index (κ2) is 9.19. The molecule has 3 aromatic rings. The zero-order chi connectivity index (χ0) is 23.5. The average molecular weight is 455 g/mol. The molecule has 0 amide bonds. The largest absolute Gasteiger partial charge is 0.457 e. The van der Waals surface area contributed by atoms with Crippen LogP contribution in [-0.4, -0.2) is 19.3 Å². The molecule has 0 aliphatic rings. The molecule has 0 atom stereocenters. The van der Waals surface area contributed by atoms with Gasteiger partial charge in [-0.05, 0) is 61.7 Å². The molecular weight excluding hydrogens is 432 g/mol. The Morgan fingerprint density at radius 3 is 2.19 bits per heavy atom. The summed E-state index contributed by atoms with van der Waals surface area (Å²) in [7, 11) is -3.95. The van der Waals surface area contributed by atoms with Crippen LogP contribution in [0, 0.1) is 30.9 Å². The molecule has 0 saturated carbocycles. The van der Waals surface area contributed by atoms with Crippen molar-refractivity contribution in [1.29, 1.82) is 0 Å². The molecule has 0 heterocycles. The van der Waals surface area contributed by atoms with E-state index in [2.05, 4.69) is 4.72 Å². The molecule has 9 heteroatoms. The van der Waals surface area contributed by atoms with Crippen molar-refractivity contribution in [2.75, 3.05) is 4.72 Å². The number of sulfonamides is 1. The summed E-state index contributed by atoms with van der Waals surface area (Å²) in [5.41, 5.74) is 2.81. The van der Waals surface area contributed by atoms with Crippen LogP contribution in [0.1, 0.15) is 32.6 Å². The topological polar surface area (TPSA) is 116 Å². The minimum absolute atomic E-state index is 0.0559. The third kappa shape index (κ3) is 5.12. The van der Waals surface area contributed by atoms with E-state index in [-0.39, 0.29) is 28.4 Å². The van der Waals surface area contributed by atoms with Gasteiger partial charge >= 0.3 is 5.97 Å². The molecule has 0 radical (unpaired) electrons. The molecule has 0 bridgehead atoms. The van der Waals surface area contributed by atoms with E-state index in [0.29, 0.717) is 16.7 Å². The van der Waals surface area contributed by atoms with Crippen molar-refractivity contribution in [2.45, 2.75) is 32.3 Å². The van der Waals surface area contributed by atoms with Crippen LogP contribution in [0.4, 0.5) is 11.4 Å². The lowest BCUT2D eigenvalue weighted by Crippen LogP contribution is -2.18. The molecule has 1 N–H and O–H groups in total. The number of ether oxygens (including phenoxy) is 1. The highest BCUT2D eigenvalue weighted by Crippen LogP contribution is 2.26. The predicted octanol–water partition coefficient (Wildman–Crippen LogP) is 4.68. The van der Waals surface area contributed by atoms with Gasteiger partial charge in [-0.25, -0.2) is 13.2 Å². The van der Waals surface area contributed by atoms with Gasteiger partial charge in [-0.2, -0.15) is 0 Å². The average Bonchev–Trinajstić information content (AvgIpc) is 2.71. The van der Waals surface area contributed by atoms with Gasteiger partial charge in [0.05, 0.1) is 21.1 Å². The summed E-state index contributed by atoms with van der Waals surface area (Å²) in [6.07, 6.45) is 0. The van der Waals surface area contributed by atoms with Gasteiger partial charge < -0.3 is 4.74 Å². The third-order valence-corrected chi connectivity index (χ3v) is 6.45. The normalized spacial score (nSPS) is 11.1. The number of nitro benzene ring substituents is 1. The molecule has 3 rings (SSSR count). The maximum absolute atomic E-state index is 13.1. The molecule has 0 saturated heterocycles. The number of nitro groups is 1. The first-order valence-electron chi connectivity index (χ1n) is 9.68. The molecule has 0 aromatic heterocycles. The molecule has 0 spiro atoms. The van der Waals surface area contributed by atoms with Crippen LogP contribution in [0.25, 0.3) is 0 Å². The number of hydrogen-bond acceptors (Lipinski definition) is 6. The molecule has 8 nitrogen and oxygen atoms in total. The fraction of sp³-hybridized carbons (Fsp3) is 0.174. The number of esters is 1. The number of non-ortho nitro benzene ring substituents is 1. The number of para-hydroxylation sites is 1. The van der Waals surface area contributed by atoms with Gasteiger partial charge in [-0.15, -0.1) is 0 Å². The van der Waals surface area contributed by atoms with Crippen LogP contribution in [0.5, 0.6) is 0 Å². The van der Waals surface area contributed by atoms with Crippen LogP contribution < -0.4 is 4.72 Å². The number of benzene rings is 3. The van der Waals surface area contributed by atoms with E-state index in [0.717, 1.165) is 5.56 Å². The summed E-state index contributed by atoms with van der Waals surface area (Å²) in [6.45, 7) is 5.21. The predicted molar refractivity (Wildman–Crippen MR) is 120 cm³/mol. The Morgan fingerprint density at radius 2 is 1.59 bits per heavy atom. The third-order valence-electron chi connectivity index (χ3n) is 4.78. The maximum Gasteiger partial charge on any atom is 0.340 e. The molecule has 166 valence electrons. The first-order valence-corrected chi connectivity index (χ1v) is 11.2. The van der Waals surface area contributed by atoms with E-state index in [1.807, 2.05) is 6.92 Å². The number of carbonyl (C=O) groups excluding carboxylic acids is 1. The second-order valence-electron chi connectivity index (χ2n) is 7.38. The summed E-state index contributed by atoms with van der Waals surface area (Å²) in [4.78, 5) is 23.0. The smallest absolute Gasteiger partial charge is 0.340 e. The molecule has 3 aromatic carbocycles. The van der Waals surface area contributed by atoms with Gasteiger partial charge in [0.2, 0.25) is 0 Å². The molecule has 0 aliphatic heterocycles. The summed E-state index contributed by atoms with van der Waals surface area (Å²) in [5, 5.41) is 10.7. The van der Waals surface area contributed by atoms with Gasteiger partial charge in [0.1, 0.15) is 6.61 Å². The van der Waals surface area contributed by atoms with Crippen LogP contribution in [-0.2, 0) is 21.4 Å². The zero-order valence-corrected chi connectivity index (χ0v) is 18.6. The SMILES string of the molecule is Cc1cc(C)c(S(=O)(=O)Nc2ccccc2C(=O)OCc2ccc([N+](=O)[O-])cc2)c(C)c1. The Kier molecular flexibility index (Phi) is 6.59. The number of carbonyl (C=O) groups is 1. The lowest BCUT2D eigenvalue weighted by atomic mass is 10.1. The number of rotatable bonds is 7. The van der Waals surface area contributed by atoms with Crippen molar-refractivity contribution < 1.29 is 22.9 Å². The van der Waals surface area contributed by atoms with Gasteiger partial charge in [0.25, 0.3) is 15.7 Å². The summed E-state index contributed by atoms with van der Waals surface area (Å²) < 4.78 is 33.9. The highest BCUT2D eigenvalue weighted by Gasteiger charge is 2.23. The van der Waals surface area contributed by atoms with E-state index in [1.165, 1.54) is 36.4 Å². The lowest BCUT2D eigenvalue weighted by Gasteiger charge is -2.16. The maximum atomic E-state index is 13.1. The number of hydrogen-bond donors (Lipinski definition) is 1. The minimum Gasteiger partial charge on any atom is -0.457 e.